The van der Waals surface area contributed by atoms with Gasteiger partial charge in [-0.15, -0.1) is 0 Å². The van der Waals surface area contributed by atoms with Gasteiger partial charge in [0, 0.05) is 24.9 Å². The number of rotatable bonds is 6. The van der Waals surface area contributed by atoms with Crippen LogP contribution in [0.5, 0.6) is 5.75 Å². The molecule has 3 aromatic rings. The maximum atomic E-state index is 12.3. The summed E-state index contributed by atoms with van der Waals surface area (Å²) in [5.41, 5.74) is 2.79. The van der Waals surface area contributed by atoms with E-state index in [1.54, 1.807) is 30.1 Å². The van der Waals surface area contributed by atoms with Crippen molar-refractivity contribution in [3.8, 4) is 5.75 Å². The summed E-state index contributed by atoms with van der Waals surface area (Å²) >= 11 is 0. The predicted octanol–water partition coefficient (Wildman–Crippen LogP) is 3.81. The summed E-state index contributed by atoms with van der Waals surface area (Å²) in [4.78, 5) is 12.3. The number of nitrogens with zero attached hydrogens (tertiary/aromatic N) is 2. The van der Waals surface area contributed by atoms with E-state index >= 15 is 0 Å². The van der Waals surface area contributed by atoms with Gasteiger partial charge < -0.3 is 10.1 Å². The fourth-order valence-corrected chi connectivity index (χ4v) is 2.46. The Bertz CT molecular complexity index is 853. The van der Waals surface area contributed by atoms with E-state index in [-0.39, 0.29) is 5.91 Å². The van der Waals surface area contributed by atoms with Gasteiger partial charge in [-0.2, -0.15) is 5.10 Å². The zero-order valence-corrected chi connectivity index (χ0v) is 14.4. The van der Waals surface area contributed by atoms with Gasteiger partial charge in [0.05, 0.1) is 0 Å². The minimum atomic E-state index is -0.187. The average molecular weight is 335 g/mol. The van der Waals surface area contributed by atoms with Crippen LogP contribution in [0.2, 0.25) is 0 Å². The number of ether oxygens (including phenoxy) is 1. The van der Waals surface area contributed by atoms with Crippen molar-refractivity contribution in [1.29, 1.82) is 0 Å². The molecule has 0 aliphatic heterocycles. The smallest absolute Gasteiger partial charge is 0.256 e. The number of benzene rings is 2. The molecule has 0 fully saturated rings. The second-order valence-corrected chi connectivity index (χ2v) is 5.82. The van der Waals surface area contributed by atoms with Gasteiger partial charge in [-0.25, -0.2) is 0 Å². The summed E-state index contributed by atoms with van der Waals surface area (Å²) in [6.45, 7) is 2.54. The number of carbonyl (C=O) groups excluding carboxylic acids is 1. The topological polar surface area (TPSA) is 56.1 Å². The van der Waals surface area contributed by atoms with Crippen LogP contribution in [0.4, 0.5) is 5.82 Å². The van der Waals surface area contributed by atoms with Crippen LogP contribution in [0.15, 0.2) is 60.8 Å². The van der Waals surface area contributed by atoms with E-state index in [1.807, 2.05) is 30.3 Å². The van der Waals surface area contributed by atoms with Gasteiger partial charge in [0.1, 0.15) is 12.4 Å². The number of carbonyl (C=O) groups is 1. The first-order valence-corrected chi connectivity index (χ1v) is 8.25. The summed E-state index contributed by atoms with van der Waals surface area (Å²) in [6.07, 6.45) is 2.79. The Labute approximate surface area is 147 Å². The highest BCUT2D eigenvalue weighted by Gasteiger charge is 2.08. The zero-order valence-electron chi connectivity index (χ0n) is 14.4. The van der Waals surface area contributed by atoms with Crippen LogP contribution in [0.1, 0.15) is 28.4 Å². The summed E-state index contributed by atoms with van der Waals surface area (Å²) in [6, 6.07) is 17.2. The molecule has 1 amide bonds. The lowest BCUT2D eigenvalue weighted by Crippen LogP contribution is -2.13. The molecule has 0 saturated carbocycles. The molecule has 1 aromatic heterocycles. The Kier molecular flexibility index (Phi) is 5.14. The lowest BCUT2D eigenvalue weighted by molar-refractivity contribution is 0.102. The average Bonchev–Trinajstić information content (AvgIpc) is 3.05. The molecule has 25 heavy (non-hydrogen) atoms. The minimum absolute atomic E-state index is 0.187. The third-order valence-electron chi connectivity index (χ3n) is 3.88. The Balaban J connectivity index is 1.63. The molecule has 1 N–H and O–H groups in total. The highest BCUT2D eigenvalue weighted by Crippen LogP contribution is 2.15. The fraction of sp³-hybridized carbons (Fsp3) is 0.200. The molecule has 0 radical (unpaired) electrons. The molecule has 0 aliphatic rings. The minimum Gasteiger partial charge on any atom is -0.489 e. The van der Waals surface area contributed by atoms with E-state index in [4.69, 9.17) is 4.74 Å². The summed E-state index contributed by atoms with van der Waals surface area (Å²) < 4.78 is 7.44. The van der Waals surface area contributed by atoms with Crippen LogP contribution < -0.4 is 10.1 Å². The number of nitrogens with one attached hydrogen (secondary N) is 1. The van der Waals surface area contributed by atoms with Crippen molar-refractivity contribution >= 4 is 11.7 Å². The maximum Gasteiger partial charge on any atom is 0.256 e. The number of aryl methyl sites for hydroxylation is 2. The summed E-state index contributed by atoms with van der Waals surface area (Å²) in [7, 11) is 1.81. The second kappa shape index (κ2) is 7.66. The van der Waals surface area contributed by atoms with Crippen molar-refractivity contribution in [2.75, 3.05) is 5.32 Å². The quantitative estimate of drug-likeness (QED) is 0.745. The third-order valence-corrected chi connectivity index (χ3v) is 3.88. The largest absolute Gasteiger partial charge is 0.489 e. The zero-order chi connectivity index (χ0) is 17.6. The number of hydrogen-bond donors (Lipinski definition) is 1. The van der Waals surface area contributed by atoms with Gasteiger partial charge in [0.15, 0.2) is 5.82 Å². The van der Waals surface area contributed by atoms with Gasteiger partial charge in [0.25, 0.3) is 5.91 Å². The highest BCUT2D eigenvalue weighted by molar-refractivity contribution is 6.03. The molecule has 0 unspecified atom stereocenters. The van der Waals surface area contributed by atoms with Crippen molar-refractivity contribution in [3.05, 3.63) is 77.5 Å². The molecular weight excluding hydrogens is 314 g/mol. The Hall–Kier alpha value is -3.08. The Morgan fingerprint density at radius 3 is 2.60 bits per heavy atom. The van der Waals surface area contributed by atoms with Gasteiger partial charge in [-0.3, -0.25) is 9.48 Å². The van der Waals surface area contributed by atoms with Crippen molar-refractivity contribution in [2.24, 2.45) is 7.05 Å². The molecule has 1 heterocycles. The van der Waals surface area contributed by atoms with Crippen molar-refractivity contribution in [1.82, 2.24) is 9.78 Å². The van der Waals surface area contributed by atoms with Crippen LogP contribution in [-0.2, 0) is 20.1 Å². The monoisotopic (exact) mass is 335 g/mol. The maximum absolute atomic E-state index is 12.3. The first-order valence-electron chi connectivity index (χ1n) is 8.25. The second-order valence-electron chi connectivity index (χ2n) is 5.82. The standard InChI is InChI=1S/C20H21N3O2/c1-3-15-7-9-18(10-8-15)25-14-16-5-4-6-17(13-16)20(24)21-19-11-12-23(2)22-19/h4-13H,3,14H2,1-2H3,(H,21,22,24). The normalized spacial score (nSPS) is 10.5. The van der Waals surface area contributed by atoms with Crippen molar-refractivity contribution < 1.29 is 9.53 Å². The lowest BCUT2D eigenvalue weighted by atomic mass is 10.1. The van der Waals surface area contributed by atoms with Crippen LogP contribution in [-0.4, -0.2) is 15.7 Å². The van der Waals surface area contributed by atoms with E-state index in [0.29, 0.717) is 18.0 Å². The van der Waals surface area contributed by atoms with Crippen LogP contribution in [0, 0.1) is 0 Å². The first-order chi connectivity index (χ1) is 12.1. The molecule has 0 atom stereocenters. The lowest BCUT2D eigenvalue weighted by Gasteiger charge is -2.08. The van der Waals surface area contributed by atoms with E-state index in [1.165, 1.54) is 5.56 Å². The molecule has 3 rings (SSSR count). The van der Waals surface area contributed by atoms with E-state index in [2.05, 4.69) is 29.5 Å². The van der Waals surface area contributed by atoms with Crippen LogP contribution >= 0.6 is 0 Å². The van der Waals surface area contributed by atoms with Crippen LogP contribution in [0.3, 0.4) is 0 Å². The SMILES string of the molecule is CCc1ccc(OCc2cccc(C(=O)Nc3ccn(C)n3)c2)cc1. The predicted molar refractivity (Wildman–Crippen MR) is 97.8 cm³/mol. The molecule has 0 bridgehead atoms. The van der Waals surface area contributed by atoms with Gasteiger partial charge in [-0.1, -0.05) is 31.2 Å². The molecule has 5 nitrogen and oxygen atoms in total. The fourth-order valence-electron chi connectivity index (χ4n) is 2.46. The van der Waals surface area contributed by atoms with Gasteiger partial charge in [0.2, 0.25) is 0 Å². The first kappa shape index (κ1) is 16.8. The van der Waals surface area contributed by atoms with E-state index in [9.17, 15) is 4.79 Å². The third kappa shape index (κ3) is 4.47. The molecule has 0 spiro atoms. The molecule has 128 valence electrons. The van der Waals surface area contributed by atoms with Gasteiger partial charge in [-0.05, 0) is 41.8 Å². The highest BCUT2D eigenvalue weighted by atomic mass is 16.5. The number of aromatic nitrogens is 2. The van der Waals surface area contributed by atoms with E-state index < -0.39 is 0 Å². The summed E-state index contributed by atoms with van der Waals surface area (Å²) in [5, 5.41) is 6.93. The Morgan fingerprint density at radius 1 is 1.12 bits per heavy atom. The van der Waals surface area contributed by atoms with Crippen molar-refractivity contribution in [2.45, 2.75) is 20.0 Å². The van der Waals surface area contributed by atoms with E-state index in [0.717, 1.165) is 17.7 Å². The molecule has 2 aromatic carbocycles. The molecular formula is C20H21N3O2. The number of amides is 1. The number of anilines is 1. The Morgan fingerprint density at radius 2 is 1.92 bits per heavy atom. The van der Waals surface area contributed by atoms with Crippen LogP contribution in [0.25, 0.3) is 0 Å². The number of hydrogen-bond acceptors (Lipinski definition) is 3. The molecule has 0 aliphatic carbocycles. The van der Waals surface area contributed by atoms with Crippen molar-refractivity contribution in [3.63, 3.8) is 0 Å². The molecule has 5 heteroatoms. The molecule has 0 saturated heterocycles. The van der Waals surface area contributed by atoms with Gasteiger partial charge >= 0.3 is 0 Å². The summed E-state index contributed by atoms with van der Waals surface area (Å²) in [5.74, 6) is 1.17.